The molecule has 4 nitrogen and oxygen atoms in total. The van der Waals surface area contributed by atoms with Gasteiger partial charge in [0.15, 0.2) is 0 Å². The first kappa shape index (κ1) is 11.2. The van der Waals surface area contributed by atoms with Gasteiger partial charge in [-0.3, -0.25) is 10.4 Å². The van der Waals surface area contributed by atoms with Crippen molar-refractivity contribution in [2.75, 3.05) is 6.54 Å². The Morgan fingerprint density at radius 3 is 2.58 bits per heavy atom. The van der Waals surface area contributed by atoms with E-state index in [9.17, 15) is 0 Å². The van der Waals surface area contributed by atoms with Crippen LogP contribution >= 0.6 is 0 Å². The summed E-state index contributed by atoms with van der Waals surface area (Å²) >= 11 is 0. The Kier molecular flexibility index (Phi) is 6.47. The fraction of sp³-hybridized carbons (Fsp3) is 0.875. The molecule has 1 atom stereocenters. The van der Waals surface area contributed by atoms with Gasteiger partial charge in [-0.2, -0.15) is 0 Å². The van der Waals surface area contributed by atoms with Crippen molar-refractivity contribution >= 4 is 5.96 Å². The summed E-state index contributed by atoms with van der Waals surface area (Å²) in [6.07, 6.45) is 2.29. The van der Waals surface area contributed by atoms with Gasteiger partial charge in [0.2, 0.25) is 5.96 Å². The highest BCUT2D eigenvalue weighted by atomic mass is 15.3. The van der Waals surface area contributed by atoms with Crippen LogP contribution in [0.3, 0.4) is 0 Å². The second-order valence-electron chi connectivity index (χ2n) is 2.80. The molecule has 0 saturated heterocycles. The summed E-state index contributed by atoms with van der Waals surface area (Å²) in [7, 11) is 0. The van der Waals surface area contributed by atoms with Crippen molar-refractivity contribution in [3.8, 4) is 0 Å². The van der Waals surface area contributed by atoms with Crippen LogP contribution in [-0.4, -0.2) is 18.5 Å². The maximum atomic E-state index is 5.26. The number of aliphatic imine (C=N–C) groups is 1. The molecule has 0 aliphatic heterocycles. The molecule has 0 aromatic rings. The molecule has 0 aromatic carbocycles. The second kappa shape index (κ2) is 6.91. The molecular weight excluding hydrogens is 152 g/mol. The van der Waals surface area contributed by atoms with E-state index in [1.54, 1.807) is 0 Å². The Labute approximate surface area is 74.6 Å². The van der Waals surface area contributed by atoms with E-state index in [2.05, 4.69) is 29.6 Å². The molecule has 0 fully saturated rings. The third kappa shape index (κ3) is 4.96. The molecule has 0 spiro atoms. The summed E-state index contributed by atoms with van der Waals surface area (Å²) in [5, 5.41) is 3.18. The maximum absolute atomic E-state index is 5.26. The SMILES string of the molecule is CCCC(C)NC(=NCC)NN. The number of rotatable bonds is 4. The molecule has 0 amide bonds. The highest BCUT2D eigenvalue weighted by Crippen LogP contribution is 1.93. The number of hydrogen-bond donors (Lipinski definition) is 3. The largest absolute Gasteiger partial charge is 0.353 e. The molecule has 0 heterocycles. The molecule has 12 heavy (non-hydrogen) atoms. The van der Waals surface area contributed by atoms with Crippen molar-refractivity contribution in [2.24, 2.45) is 10.8 Å². The van der Waals surface area contributed by atoms with E-state index < -0.39 is 0 Å². The number of hydrazine groups is 1. The molecule has 4 heteroatoms. The van der Waals surface area contributed by atoms with E-state index in [0.29, 0.717) is 12.0 Å². The third-order valence-corrected chi connectivity index (χ3v) is 1.56. The van der Waals surface area contributed by atoms with Crippen LogP contribution in [0.15, 0.2) is 4.99 Å². The Bertz CT molecular complexity index is 133. The van der Waals surface area contributed by atoms with Gasteiger partial charge in [-0.05, 0) is 20.3 Å². The van der Waals surface area contributed by atoms with Crippen molar-refractivity contribution in [1.82, 2.24) is 10.7 Å². The lowest BCUT2D eigenvalue weighted by Gasteiger charge is -2.15. The first-order valence-corrected chi connectivity index (χ1v) is 4.52. The molecule has 0 aliphatic carbocycles. The molecule has 0 aromatic heterocycles. The summed E-state index contributed by atoms with van der Waals surface area (Å²) in [5.41, 5.74) is 2.53. The van der Waals surface area contributed by atoms with Gasteiger partial charge in [-0.25, -0.2) is 5.84 Å². The van der Waals surface area contributed by atoms with Gasteiger partial charge in [-0.15, -0.1) is 0 Å². The van der Waals surface area contributed by atoms with Crippen LogP contribution in [0.5, 0.6) is 0 Å². The molecule has 72 valence electrons. The Hall–Kier alpha value is -0.770. The van der Waals surface area contributed by atoms with Crippen LogP contribution in [0.2, 0.25) is 0 Å². The number of nitrogens with zero attached hydrogens (tertiary/aromatic N) is 1. The van der Waals surface area contributed by atoms with Gasteiger partial charge in [0.1, 0.15) is 0 Å². The standard InChI is InChI=1S/C8H20N4/c1-4-6-7(3)11-8(12-9)10-5-2/h7H,4-6,9H2,1-3H3,(H2,10,11,12). The van der Waals surface area contributed by atoms with Crippen LogP contribution in [0.4, 0.5) is 0 Å². The summed E-state index contributed by atoms with van der Waals surface area (Å²) in [6, 6.07) is 0.427. The monoisotopic (exact) mass is 172 g/mol. The molecule has 0 saturated carbocycles. The summed E-state index contributed by atoms with van der Waals surface area (Å²) in [6.45, 7) is 6.99. The second-order valence-corrected chi connectivity index (χ2v) is 2.80. The summed E-state index contributed by atoms with van der Waals surface area (Å²) < 4.78 is 0. The van der Waals surface area contributed by atoms with Gasteiger partial charge < -0.3 is 5.32 Å². The molecule has 4 N–H and O–H groups in total. The summed E-state index contributed by atoms with van der Waals surface area (Å²) in [4.78, 5) is 4.13. The minimum atomic E-state index is 0.427. The van der Waals surface area contributed by atoms with Crippen molar-refractivity contribution < 1.29 is 0 Å². The van der Waals surface area contributed by atoms with Crippen LogP contribution in [0, 0.1) is 0 Å². The predicted molar refractivity (Wildman–Crippen MR) is 52.8 cm³/mol. The lowest BCUT2D eigenvalue weighted by molar-refractivity contribution is 0.585. The molecule has 0 radical (unpaired) electrons. The third-order valence-electron chi connectivity index (χ3n) is 1.56. The average molecular weight is 172 g/mol. The fourth-order valence-electron chi connectivity index (χ4n) is 1.03. The van der Waals surface area contributed by atoms with Gasteiger partial charge >= 0.3 is 0 Å². The molecule has 0 bridgehead atoms. The lowest BCUT2D eigenvalue weighted by Crippen LogP contribution is -2.45. The van der Waals surface area contributed by atoms with Crippen LogP contribution < -0.4 is 16.6 Å². The number of nitrogens with one attached hydrogen (secondary N) is 2. The van der Waals surface area contributed by atoms with Crippen molar-refractivity contribution in [3.63, 3.8) is 0 Å². The van der Waals surface area contributed by atoms with E-state index in [0.717, 1.165) is 19.4 Å². The molecular formula is C8H20N4. The zero-order chi connectivity index (χ0) is 9.40. The van der Waals surface area contributed by atoms with E-state index in [1.165, 1.54) is 0 Å². The molecule has 0 rings (SSSR count). The van der Waals surface area contributed by atoms with E-state index in [1.807, 2.05) is 6.92 Å². The zero-order valence-electron chi connectivity index (χ0n) is 8.22. The minimum Gasteiger partial charge on any atom is -0.353 e. The smallest absolute Gasteiger partial charge is 0.205 e. The van der Waals surface area contributed by atoms with Gasteiger partial charge in [0, 0.05) is 12.6 Å². The quantitative estimate of drug-likeness (QED) is 0.252. The highest BCUT2D eigenvalue weighted by molar-refractivity contribution is 5.79. The number of nitrogens with two attached hydrogens (primary N) is 1. The van der Waals surface area contributed by atoms with Crippen molar-refractivity contribution in [3.05, 3.63) is 0 Å². The summed E-state index contributed by atoms with van der Waals surface area (Å²) in [5.74, 6) is 5.94. The fourth-order valence-corrected chi connectivity index (χ4v) is 1.03. The Morgan fingerprint density at radius 1 is 1.50 bits per heavy atom. The average Bonchev–Trinajstić information content (AvgIpc) is 2.04. The Morgan fingerprint density at radius 2 is 2.17 bits per heavy atom. The maximum Gasteiger partial charge on any atom is 0.205 e. The van der Waals surface area contributed by atoms with Gasteiger partial charge in [-0.1, -0.05) is 13.3 Å². The van der Waals surface area contributed by atoms with E-state index >= 15 is 0 Å². The van der Waals surface area contributed by atoms with Gasteiger partial charge in [0.05, 0.1) is 0 Å². The van der Waals surface area contributed by atoms with Crippen molar-refractivity contribution in [2.45, 2.75) is 39.7 Å². The Balaban J connectivity index is 3.77. The number of guanidine groups is 1. The van der Waals surface area contributed by atoms with Gasteiger partial charge in [0.25, 0.3) is 0 Å². The lowest BCUT2D eigenvalue weighted by atomic mass is 10.2. The zero-order valence-corrected chi connectivity index (χ0v) is 8.22. The predicted octanol–water partition coefficient (Wildman–Crippen LogP) is 0.604. The topological polar surface area (TPSA) is 62.4 Å². The first-order valence-electron chi connectivity index (χ1n) is 4.52. The normalized spacial score (nSPS) is 14.2. The minimum absolute atomic E-state index is 0.427. The van der Waals surface area contributed by atoms with Crippen LogP contribution in [-0.2, 0) is 0 Å². The van der Waals surface area contributed by atoms with E-state index in [-0.39, 0.29) is 0 Å². The highest BCUT2D eigenvalue weighted by Gasteiger charge is 2.01. The first-order chi connectivity index (χ1) is 5.74. The number of hydrogen-bond acceptors (Lipinski definition) is 2. The van der Waals surface area contributed by atoms with Crippen LogP contribution in [0.1, 0.15) is 33.6 Å². The molecule has 1 unspecified atom stereocenters. The molecule has 0 aliphatic rings. The van der Waals surface area contributed by atoms with Crippen LogP contribution in [0.25, 0.3) is 0 Å². The van der Waals surface area contributed by atoms with Crippen molar-refractivity contribution in [1.29, 1.82) is 0 Å². The van der Waals surface area contributed by atoms with E-state index in [4.69, 9.17) is 5.84 Å².